The molecular formula is C16H23NO2. The van der Waals surface area contributed by atoms with Crippen LogP contribution < -0.4 is 0 Å². The second-order valence-electron chi connectivity index (χ2n) is 5.75. The molecule has 3 nitrogen and oxygen atoms in total. The first kappa shape index (κ1) is 14.1. The lowest BCUT2D eigenvalue weighted by atomic mass is 9.88. The second kappa shape index (κ2) is 6.20. The van der Waals surface area contributed by atoms with E-state index < -0.39 is 5.97 Å². The molecule has 1 aromatic rings. The first-order valence-corrected chi connectivity index (χ1v) is 7.11. The summed E-state index contributed by atoms with van der Waals surface area (Å²) in [6.07, 6.45) is 4.48. The van der Waals surface area contributed by atoms with Crippen molar-refractivity contribution in [2.24, 2.45) is 0 Å². The van der Waals surface area contributed by atoms with Crippen LogP contribution in [0.5, 0.6) is 0 Å². The Balaban J connectivity index is 2.02. The molecule has 1 atom stereocenters. The Morgan fingerprint density at radius 2 is 1.89 bits per heavy atom. The van der Waals surface area contributed by atoms with Crippen molar-refractivity contribution in [3.8, 4) is 0 Å². The fourth-order valence-electron chi connectivity index (χ4n) is 3.00. The average Bonchev–Trinajstić information content (AvgIpc) is 2.91. The van der Waals surface area contributed by atoms with Gasteiger partial charge in [-0.05, 0) is 51.3 Å². The zero-order chi connectivity index (χ0) is 13.7. The van der Waals surface area contributed by atoms with E-state index in [9.17, 15) is 9.90 Å². The highest BCUT2D eigenvalue weighted by Gasteiger charge is 2.35. The van der Waals surface area contributed by atoms with Crippen molar-refractivity contribution < 1.29 is 9.90 Å². The number of hydrogen-bond acceptors (Lipinski definition) is 2. The second-order valence-corrected chi connectivity index (χ2v) is 5.75. The van der Waals surface area contributed by atoms with Crippen LogP contribution in [0.4, 0.5) is 0 Å². The lowest BCUT2D eigenvalue weighted by molar-refractivity contribution is -0.140. The van der Waals surface area contributed by atoms with E-state index in [2.05, 4.69) is 24.0 Å². The molecule has 0 aliphatic carbocycles. The van der Waals surface area contributed by atoms with Crippen molar-refractivity contribution in [1.29, 1.82) is 0 Å². The number of carboxylic acid groups (broad SMARTS) is 1. The van der Waals surface area contributed by atoms with Crippen molar-refractivity contribution in [1.82, 2.24) is 4.90 Å². The van der Waals surface area contributed by atoms with Crippen LogP contribution in [0, 0.1) is 0 Å². The topological polar surface area (TPSA) is 40.5 Å². The molecule has 0 spiro atoms. The maximum Gasteiger partial charge on any atom is 0.305 e. The highest BCUT2D eigenvalue weighted by atomic mass is 16.4. The number of hydrogen-bond donors (Lipinski definition) is 1. The van der Waals surface area contributed by atoms with Gasteiger partial charge in [0.05, 0.1) is 6.42 Å². The molecule has 1 N–H and O–H groups in total. The zero-order valence-electron chi connectivity index (χ0n) is 11.6. The summed E-state index contributed by atoms with van der Waals surface area (Å²) in [6.45, 7) is 4.19. The molecule has 1 aromatic carbocycles. The molecule has 19 heavy (non-hydrogen) atoms. The van der Waals surface area contributed by atoms with Gasteiger partial charge in [-0.15, -0.1) is 0 Å². The SMILES string of the molecule is CC(CCc1ccccc1)(CC(=O)O)N1CCCC1. The molecule has 1 unspecified atom stereocenters. The summed E-state index contributed by atoms with van der Waals surface area (Å²) in [6, 6.07) is 10.3. The predicted molar refractivity (Wildman–Crippen MR) is 76.2 cm³/mol. The maximum atomic E-state index is 11.2. The fourth-order valence-corrected chi connectivity index (χ4v) is 3.00. The van der Waals surface area contributed by atoms with Gasteiger partial charge in [-0.25, -0.2) is 0 Å². The number of likely N-dealkylation sites (tertiary alicyclic amines) is 1. The molecule has 1 aliphatic rings. The number of aliphatic carboxylic acids is 1. The molecule has 3 heteroatoms. The highest BCUT2D eigenvalue weighted by Crippen LogP contribution is 2.29. The van der Waals surface area contributed by atoms with Gasteiger partial charge in [-0.1, -0.05) is 30.3 Å². The van der Waals surface area contributed by atoms with Gasteiger partial charge >= 0.3 is 5.97 Å². The Labute approximate surface area is 115 Å². The van der Waals surface area contributed by atoms with Gasteiger partial charge < -0.3 is 5.11 Å². The summed E-state index contributed by atoms with van der Waals surface area (Å²) < 4.78 is 0. The summed E-state index contributed by atoms with van der Waals surface area (Å²) in [4.78, 5) is 13.5. The Morgan fingerprint density at radius 1 is 1.26 bits per heavy atom. The highest BCUT2D eigenvalue weighted by molar-refractivity contribution is 5.68. The Bertz CT molecular complexity index is 412. The van der Waals surface area contributed by atoms with Crippen LogP contribution in [0.25, 0.3) is 0 Å². The summed E-state index contributed by atoms with van der Waals surface area (Å²) in [5.74, 6) is -0.692. The quantitative estimate of drug-likeness (QED) is 0.856. The monoisotopic (exact) mass is 261 g/mol. The fraction of sp³-hybridized carbons (Fsp3) is 0.562. The van der Waals surface area contributed by atoms with Crippen molar-refractivity contribution in [3.63, 3.8) is 0 Å². The minimum atomic E-state index is -0.692. The van der Waals surface area contributed by atoms with Crippen LogP contribution in [-0.4, -0.2) is 34.6 Å². The van der Waals surface area contributed by atoms with Crippen LogP contribution in [0.3, 0.4) is 0 Å². The average molecular weight is 261 g/mol. The van der Waals surface area contributed by atoms with E-state index in [-0.39, 0.29) is 12.0 Å². The molecule has 0 radical (unpaired) electrons. The largest absolute Gasteiger partial charge is 0.481 e. The van der Waals surface area contributed by atoms with Crippen LogP contribution in [-0.2, 0) is 11.2 Å². The third kappa shape index (κ3) is 3.80. The van der Waals surface area contributed by atoms with Gasteiger partial charge in [-0.3, -0.25) is 9.69 Å². The number of nitrogens with zero attached hydrogens (tertiary/aromatic N) is 1. The van der Waals surface area contributed by atoms with E-state index in [0.717, 1.165) is 25.9 Å². The third-order valence-electron chi connectivity index (χ3n) is 4.20. The Morgan fingerprint density at radius 3 is 2.47 bits per heavy atom. The van der Waals surface area contributed by atoms with Gasteiger partial charge in [0, 0.05) is 5.54 Å². The molecule has 1 heterocycles. The van der Waals surface area contributed by atoms with Gasteiger partial charge in [0.2, 0.25) is 0 Å². The van der Waals surface area contributed by atoms with Crippen molar-refractivity contribution in [2.75, 3.05) is 13.1 Å². The van der Waals surface area contributed by atoms with Gasteiger partial charge in [0.15, 0.2) is 0 Å². The van der Waals surface area contributed by atoms with Gasteiger partial charge in [0.1, 0.15) is 0 Å². The lowest BCUT2D eigenvalue weighted by Gasteiger charge is -2.38. The van der Waals surface area contributed by atoms with E-state index >= 15 is 0 Å². The minimum Gasteiger partial charge on any atom is -0.481 e. The molecule has 0 saturated carbocycles. The lowest BCUT2D eigenvalue weighted by Crippen LogP contribution is -2.46. The van der Waals surface area contributed by atoms with E-state index in [1.807, 2.05) is 18.2 Å². The molecule has 1 aliphatic heterocycles. The van der Waals surface area contributed by atoms with E-state index in [1.165, 1.54) is 18.4 Å². The summed E-state index contributed by atoms with van der Waals surface area (Å²) in [7, 11) is 0. The van der Waals surface area contributed by atoms with Gasteiger partial charge in [0.25, 0.3) is 0 Å². The number of carboxylic acids is 1. The number of aryl methyl sites for hydroxylation is 1. The summed E-state index contributed by atoms with van der Waals surface area (Å²) in [5, 5.41) is 9.18. The number of carbonyl (C=O) groups is 1. The Hall–Kier alpha value is -1.35. The van der Waals surface area contributed by atoms with Crippen molar-refractivity contribution in [3.05, 3.63) is 35.9 Å². The predicted octanol–water partition coefficient (Wildman–Crippen LogP) is 2.95. The van der Waals surface area contributed by atoms with Crippen LogP contribution >= 0.6 is 0 Å². The summed E-state index contributed by atoms with van der Waals surface area (Å²) >= 11 is 0. The van der Waals surface area contributed by atoms with Crippen LogP contribution in [0.15, 0.2) is 30.3 Å². The van der Waals surface area contributed by atoms with Crippen LogP contribution in [0.1, 0.15) is 38.2 Å². The number of rotatable bonds is 6. The molecule has 104 valence electrons. The first-order chi connectivity index (χ1) is 9.10. The standard InChI is InChI=1S/C16H23NO2/c1-16(13-15(18)19,17-11-5-6-12-17)10-9-14-7-3-2-4-8-14/h2-4,7-8H,5-6,9-13H2,1H3,(H,18,19). The maximum absolute atomic E-state index is 11.2. The van der Waals surface area contributed by atoms with Crippen LogP contribution in [0.2, 0.25) is 0 Å². The molecule has 2 rings (SSSR count). The first-order valence-electron chi connectivity index (χ1n) is 7.11. The van der Waals surface area contributed by atoms with Gasteiger partial charge in [-0.2, -0.15) is 0 Å². The number of benzene rings is 1. The molecule has 0 amide bonds. The molecule has 0 bridgehead atoms. The smallest absolute Gasteiger partial charge is 0.305 e. The summed E-state index contributed by atoms with van der Waals surface area (Å²) in [5.41, 5.74) is 1.08. The Kier molecular flexibility index (Phi) is 4.59. The third-order valence-corrected chi connectivity index (χ3v) is 4.20. The molecule has 1 saturated heterocycles. The molecular weight excluding hydrogens is 238 g/mol. The molecule has 0 aromatic heterocycles. The van der Waals surface area contributed by atoms with E-state index in [0.29, 0.717) is 0 Å². The normalized spacial score (nSPS) is 19.2. The minimum absolute atomic E-state index is 0.210. The molecule has 1 fully saturated rings. The van der Waals surface area contributed by atoms with E-state index in [4.69, 9.17) is 0 Å². The van der Waals surface area contributed by atoms with E-state index in [1.54, 1.807) is 0 Å². The van der Waals surface area contributed by atoms with Crippen molar-refractivity contribution >= 4 is 5.97 Å². The zero-order valence-corrected chi connectivity index (χ0v) is 11.6. The van der Waals surface area contributed by atoms with Crippen molar-refractivity contribution in [2.45, 2.75) is 44.6 Å².